The number of piperidine rings is 1. The molecule has 2 unspecified atom stereocenters. The third-order valence-corrected chi connectivity index (χ3v) is 4.63. The molecule has 1 aromatic carbocycles. The number of benzene rings is 1. The predicted molar refractivity (Wildman–Crippen MR) is 82.7 cm³/mol. The van der Waals surface area contributed by atoms with Crippen LogP contribution in [0.2, 0.25) is 0 Å². The summed E-state index contributed by atoms with van der Waals surface area (Å²) in [6.45, 7) is 0. The number of carbonyl (C=O) groups excluding carboxylic acids is 3. The molecule has 1 fully saturated rings. The van der Waals surface area contributed by atoms with Crippen LogP contribution < -0.4 is 5.32 Å². The molecule has 3 heterocycles. The molecule has 1 aromatic rings. The fraction of sp³-hybridized carbons (Fsp3) is 0.294. The molecule has 1 amide bonds. The number of hydrogen-bond donors (Lipinski definition) is 1. The summed E-state index contributed by atoms with van der Waals surface area (Å²) in [7, 11) is 0. The van der Waals surface area contributed by atoms with Gasteiger partial charge in [-0.25, -0.2) is 9.59 Å². The van der Waals surface area contributed by atoms with Crippen molar-refractivity contribution < 1.29 is 14.4 Å². The Hall–Kier alpha value is -2.94. The van der Waals surface area contributed by atoms with Gasteiger partial charge in [0.05, 0.1) is 17.8 Å². The van der Waals surface area contributed by atoms with Crippen LogP contribution in [0.1, 0.15) is 41.2 Å². The highest BCUT2D eigenvalue weighted by Gasteiger charge is 2.45. The average molecular weight is 307 g/mol. The van der Waals surface area contributed by atoms with Crippen LogP contribution in [0.15, 0.2) is 34.6 Å². The van der Waals surface area contributed by atoms with Crippen LogP contribution in [0.25, 0.3) is 0 Å². The minimum atomic E-state index is -0.408. The molecule has 1 saturated heterocycles. The zero-order valence-electron chi connectivity index (χ0n) is 12.2. The molecule has 114 valence electrons. The fourth-order valence-electron chi connectivity index (χ4n) is 3.65. The summed E-state index contributed by atoms with van der Waals surface area (Å²) >= 11 is 0. The first-order valence-corrected chi connectivity index (χ1v) is 7.48. The molecule has 0 radical (unpaired) electrons. The molecule has 0 bridgehead atoms. The zero-order chi connectivity index (χ0) is 16.0. The van der Waals surface area contributed by atoms with E-state index in [2.05, 4.69) is 10.3 Å². The SMILES string of the molecule is O=C=C1CCC(N2C(=O)c3cccc4c3C2CC=N4)C(=C=O)N1. The van der Waals surface area contributed by atoms with Crippen molar-refractivity contribution in [1.82, 2.24) is 10.2 Å². The van der Waals surface area contributed by atoms with Gasteiger partial charge in [-0.2, -0.15) is 0 Å². The number of aliphatic imine (C=N–C) groups is 1. The molecule has 0 aliphatic carbocycles. The van der Waals surface area contributed by atoms with Crippen LogP contribution in [0.3, 0.4) is 0 Å². The maximum Gasteiger partial charge on any atom is 0.255 e. The van der Waals surface area contributed by atoms with Crippen molar-refractivity contribution in [3.63, 3.8) is 0 Å². The number of rotatable bonds is 1. The van der Waals surface area contributed by atoms with E-state index in [1.54, 1.807) is 23.1 Å². The molecule has 3 aliphatic rings. The second-order valence-corrected chi connectivity index (χ2v) is 5.79. The van der Waals surface area contributed by atoms with E-state index in [1.165, 1.54) is 0 Å². The molecule has 23 heavy (non-hydrogen) atoms. The van der Waals surface area contributed by atoms with Gasteiger partial charge in [0, 0.05) is 30.2 Å². The van der Waals surface area contributed by atoms with E-state index in [0.29, 0.717) is 30.5 Å². The first-order valence-electron chi connectivity index (χ1n) is 7.48. The zero-order valence-corrected chi connectivity index (χ0v) is 12.2. The summed E-state index contributed by atoms with van der Waals surface area (Å²) < 4.78 is 0. The lowest BCUT2D eigenvalue weighted by Gasteiger charge is -2.36. The summed E-state index contributed by atoms with van der Waals surface area (Å²) in [6.07, 6.45) is 3.38. The summed E-state index contributed by atoms with van der Waals surface area (Å²) in [6, 6.07) is 4.97. The third kappa shape index (κ3) is 1.90. The molecular weight excluding hydrogens is 294 g/mol. The third-order valence-electron chi connectivity index (χ3n) is 4.63. The normalized spacial score (nSPS) is 24.9. The predicted octanol–water partition coefficient (Wildman–Crippen LogP) is 1.47. The second kappa shape index (κ2) is 5.06. The highest BCUT2D eigenvalue weighted by Crippen LogP contribution is 2.46. The molecule has 6 nitrogen and oxygen atoms in total. The Morgan fingerprint density at radius 3 is 2.87 bits per heavy atom. The van der Waals surface area contributed by atoms with Gasteiger partial charge in [0.2, 0.25) is 0 Å². The van der Waals surface area contributed by atoms with Crippen LogP contribution in [0, 0.1) is 0 Å². The number of hydrogen-bond acceptors (Lipinski definition) is 5. The van der Waals surface area contributed by atoms with E-state index in [0.717, 1.165) is 11.3 Å². The molecule has 0 spiro atoms. The standard InChI is InChI=1S/C17H13N3O3/c21-8-10-4-5-14(13(9-22)19-10)20-15-6-7-18-12-3-1-2-11(16(12)15)17(20)23/h1-3,7,14-15,19H,4-6H2. The van der Waals surface area contributed by atoms with Crippen LogP contribution in [0.4, 0.5) is 5.69 Å². The Labute approximate surface area is 132 Å². The van der Waals surface area contributed by atoms with Crippen molar-refractivity contribution in [3.8, 4) is 0 Å². The fourth-order valence-corrected chi connectivity index (χ4v) is 3.65. The largest absolute Gasteiger partial charge is 0.342 e. The maximum atomic E-state index is 12.9. The molecule has 3 aliphatic heterocycles. The monoisotopic (exact) mass is 307 g/mol. The Bertz CT molecular complexity index is 845. The van der Waals surface area contributed by atoms with E-state index >= 15 is 0 Å². The summed E-state index contributed by atoms with van der Waals surface area (Å²) in [5, 5.41) is 2.76. The molecule has 6 heteroatoms. The lowest BCUT2D eigenvalue weighted by Crippen LogP contribution is -2.46. The van der Waals surface area contributed by atoms with Gasteiger partial charge in [-0.15, -0.1) is 0 Å². The second-order valence-electron chi connectivity index (χ2n) is 5.79. The van der Waals surface area contributed by atoms with Crippen LogP contribution in [-0.4, -0.2) is 34.9 Å². The molecule has 1 N–H and O–H groups in total. The van der Waals surface area contributed by atoms with Gasteiger partial charge in [0.15, 0.2) is 0 Å². The molecule has 0 aromatic heterocycles. The highest BCUT2D eigenvalue weighted by molar-refractivity contribution is 6.02. The van der Waals surface area contributed by atoms with Crippen molar-refractivity contribution in [2.75, 3.05) is 0 Å². The van der Waals surface area contributed by atoms with Crippen LogP contribution >= 0.6 is 0 Å². The number of nitrogens with one attached hydrogen (secondary N) is 1. The van der Waals surface area contributed by atoms with Gasteiger partial charge >= 0.3 is 0 Å². The molecular formula is C17H13N3O3. The average Bonchev–Trinajstić information content (AvgIpc) is 2.89. The summed E-state index contributed by atoms with van der Waals surface area (Å²) in [4.78, 5) is 41.1. The minimum absolute atomic E-state index is 0.101. The molecule has 4 rings (SSSR count). The number of carbonyl (C=O) groups is 1. The van der Waals surface area contributed by atoms with Crippen molar-refractivity contribution in [2.45, 2.75) is 31.3 Å². The van der Waals surface area contributed by atoms with Crippen LogP contribution in [-0.2, 0) is 9.59 Å². The van der Waals surface area contributed by atoms with Crippen molar-refractivity contribution in [1.29, 1.82) is 0 Å². The van der Waals surface area contributed by atoms with Crippen molar-refractivity contribution in [3.05, 3.63) is 40.7 Å². The van der Waals surface area contributed by atoms with E-state index in [9.17, 15) is 14.4 Å². The lowest BCUT2D eigenvalue weighted by molar-refractivity contribution is 0.0646. The van der Waals surface area contributed by atoms with E-state index in [-0.39, 0.29) is 17.6 Å². The van der Waals surface area contributed by atoms with Crippen LogP contribution in [0.5, 0.6) is 0 Å². The molecule has 0 saturated carbocycles. The Morgan fingerprint density at radius 2 is 2.09 bits per heavy atom. The van der Waals surface area contributed by atoms with Gasteiger partial charge in [-0.3, -0.25) is 9.79 Å². The van der Waals surface area contributed by atoms with E-state index in [4.69, 9.17) is 0 Å². The minimum Gasteiger partial charge on any atom is -0.342 e. The van der Waals surface area contributed by atoms with Crippen molar-refractivity contribution in [2.24, 2.45) is 4.99 Å². The maximum absolute atomic E-state index is 12.9. The van der Waals surface area contributed by atoms with Gasteiger partial charge in [-0.1, -0.05) is 6.07 Å². The van der Waals surface area contributed by atoms with Gasteiger partial charge in [-0.05, 0) is 18.6 Å². The van der Waals surface area contributed by atoms with Gasteiger partial charge in [0.25, 0.3) is 5.91 Å². The van der Waals surface area contributed by atoms with E-state index in [1.807, 2.05) is 18.1 Å². The number of amides is 1. The molecule has 2 atom stereocenters. The Balaban J connectivity index is 1.77. The van der Waals surface area contributed by atoms with Gasteiger partial charge < -0.3 is 10.2 Å². The number of allylic oxidation sites excluding steroid dienone is 1. The first kappa shape index (κ1) is 13.7. The Morgan fingerprint density at radius 1 is 1.22 bits per heavy atom. The highest BCUT2D eigenvalue weighted by atomic mass is 16.2. The number of nitrogens with zero attached hydrogens (tertiary/aromatic N) is 2. The van der Waals surface area contributed by atoms with E-state index < -0.39 is 6.04 Å². The summed E-state index contributed by atoms with van der Waals surface area (Å²) in [5.74, 6) is 3.53. The Kier molecular flexibility index (Phi) is 3.01. The topological polar surface area (TPSA) is 78.8 Å². The van der Waals surface area contributed by atoms with Gasteiger partial charge in [0.1, 0.15) is 23.3 Å². The smallest absolute Gasteiger partial charge is 0.255 e. The lowest BCUT2D eigenvalue weighted by atomic mass is 9.95. The summed E-state index contributed by atoms with van der Waals surface area (Å²) in [5.41, 5.74) is 2.94. The van der Waals surface area contributed by atoms with Crippen molar-refractivity contribution >= 4 is 29.7 Å². The quantitative estimate of drug-likeness (QED) is 0.797. The first-order chi connectivity index (χ1) is 11.2.